The summed E-state index contributed by atoms with van der Waals surface area (Å²) in [5.41, 5.74) is 2.39. The number of ether oxygens (including phenoxy) is 3. The van der Waals surface area contributed by atoms with Crippen LogP contribution >= 0.6 is 0 Å². The first-order chi connectivity index (χ1) is 17.0. The van der Waals surface area contributed by atoms with Crippen LogP contribution in [-0.4, -0.2) is 68.0 Å². The monoisotopic (exact) mass is 484 g/mol. The van der Waals surface area contributed by atoms with Gasteiger partial charge in [0.05, 0.1) is 13.2 Å². The molecule has 1 saturated carbocycles. The fourth-order valence-corrected chi connectivity index (χ4v) is 4.66. The maximum absolute atomic E-state index is 11.9. The van der Waals surface area contributed by atoms with Crippen molar-refractivity contribution in [2.45, 2.75) is 57.6 Å². The number of hydrogen-bond donors (Lipinski definition) is 3. The fourth-order valence-electron chi connectivity index (χ4n) is 4.66. The van der Waals surface area contributed by atoms with E-state index in [0.29, 0.717) is 42.2 Å². The van der Waals surface area contributed by atoms with Gasteiger partial charge in [0.25, 0.3) is 5.88 Å². The van der Waals surface area contributed by atoms with Gasteiger partial charge in [0.15, 0.2) is 17.2 Å². The molecule has 1 aliphatic carbocycles. The van der Waals surface area contributed by atoms with Gasteiger partial charge in [0.2, 0.25) is 0 Å². The number of alkyl carbamates (subject to hydrolysis) is 1. The van der Waals surface area contributed by atoms with Crippen LogP contribution in [0.15, 0.2) is 12.4 Å². The summed E-state index contributed by atoms with van der Waals surface area (Å²) in [4.78, 5) is 20.7. The summed E-state index contributed by atoms with van der Waals surface area (Å²) in [6, 6.07) is 2.03. The third-order valence-corrected chi connectivity index (χ3v) is 6.42. The average Bonchev–Trinajstić information content (AvgIpc) is 3.60. The van der Waals surface area contributed by atoms with Crippen LogP contribution in [0, 0.1) is 5.92 Å². The summed E-state index contributed by atoms with van der Waals surface area (Å²) in [5.74, 6) is 2.35. The van der Waals surface area contributed by atoms with Gasteiger partial charge in [-0.2, -0.15) is 5.10 Å². The van der Waals surface area contributed by atoms with E-state index in [-0.39, 0.29) is 24.2 Å². The second-order valence-corrected chi connectivity index (χ2v) is 9.56. The van der Waals surface area contributed by atoms with E-state index in [0.717, 1.165) is 43.5 Å². The van der Waals surface area contributed by atoms with E-state index < -0.39 is 0 Å². The van der Waals surface area contributed by atoms with Crippen LogP contribution in [0.5, 0.6) is 5.88 Å². The summed E-state index contributed by atoms with van der Waals surface area (Å²) in [5, 5.41) is 18.1. The molecule has 3 aromatic rings. The van der Waals surface area contributed by atoms with Gasteiger partial charge in [-0.1, -0.05) is 0 Å². The Morgan fingerprint density at radius 1 is 1.31 bits per heavy atom. The summed E-state index contributed by atoms with van der Waals surface area (Å²) in [6.45, 7) is 5.86. The number of fused-ring (bicyclic) bond motifs is 1. The number of aromatic amines is 1. The minimum absolute atomic E-state index is 0.0539. The van der Waals surface area contributed by atoms with Crippen LogP contribution in [0.3, 0.4) is 0 Å². The number of carbonyl (C=O) groups excluding carboxylic acids is 1. The number of anilines is 2. The summed E-state index contributed by atoms with van der Waals surface area (Å²) in [6.07, 6.45) is 4.55. The molecule has 1 aliphatic heterocycles. The lowest BCUT2D eigenvalue weighted by atomic mass is 10.0. The minimum Gasteiger partial charge on any atom is -0.475 e. The number of aryl methyl sites for hydroxylation is 1. The van der Waals surface area contributed by atoms with Crippen molar-refractivity contribution < 1.29 is 19.0 Å². The molecule has 12 nitrogen and oxygen atoms in total. The molecule has 1 amide bonds. The molecule has 35 heavy (non-hydrogen) atoms. The van der Waals surface area contributed by atoms with Gasteiger partial charge in [-0.05, 0) is 39.5 Å². The Bertz CT molecular complexity index is 1170. The van der Waals surface area contributed by atoms with Gasteiger partial charge in [0, 0.05) is 43.3 Å². The molecular weight excluding hydrogens is 452 g/mol. The zero-order valence-corrected chi connectivity index (χ0v) is 20.3. The highest BCUT2D eigenvalue weighted by Gasteiger charge is 2.30. The van der Waals surface area contributed by atoms with Crippen molar-refractivity contribution in [3.63, 3.8) is 0 Å². The van der Waals surface area contributed by atoms with Crippen LogP contribution in [0.2, 0.25) is 0 Å². The lowest BCUT2D eigenvalue weighted by Gasteiger charge is -2.14. The predicted octanol–water partition coefficient (Wildman–Crippen LogP) is 3.02. The van der Waals surface area contributed by atoms with Crippen molar-refractivity contribution in [2.24, 2.45) is 13.0 Å². The van der Waals surface area contributed by atoms with Crippen LogP contribution in [0.25, 0.3) is 11.0 Å². The van der Waals surface area contributed by atoms with Crippen molar-refractivity contribution in [1.82, 2.24) is 35.3 Å². The Labute approximate surface area is 203 Å². The summed E-state index contributed by atoms with van der Waals surface area (Å²) in [7, 11) is 1.84. The van der Waals surface area contributed by atoms with E-state index in [2.05, 4.69) is 35.9 Å². The average molecular weight is 485 g/mol. The standard InChI is InChI=1S/C23H32N8O4/c1-13(2)26-23(32)35-16-5-4-15(8-16)17-9-18(29-28-17)27-21-20-19(24-12-25-21)22(30-31(20)3)34-11-14-6-7-33-10-14/h9,12-16H,4-8,10-11H2,1-3H3,(H,26,32)(H2,24,25,27,28,29)/t14?,15-,16+/m0/s1. The molecule has 2 aliphatic rings. The van der Waals surface area contributed by atoms with E-state index in [1.54, 1.807) is 4.68 Å². The maximum Gasteiger partial charge on any atom is 0.407 e. The molecule has 0 radical (unpaired) electrons. The number of nitrogens with zero attached hydrogens (tertiary/aromatic N) is 5. The quantitative estimate of drug-likeness (QED) is 0.440. The molecule has 0 spiro atoms. The molecule has 5 rings (SSSR count). The van der Waals surface area contributed by atoms with Crippen LogP contribution in [0.4, 0.5) is 16.4 Å². The van der Waals surface area contributed by atoms with Crippen molar-refractivity contribution in [1.29, 1.82) is 0 Å². The molecule has 3 N–H and O–H groups in total. The molecule has 4 heterocycles. The van der Waals surface area contributed by atoms with Crippen LogP contribution < -0.4 is 15.4 Å². The van der Waals surface area contributed by atoms with Crippen molar-refractivity contribution in [3.8, 4) is 5.88 Å². The topological polar surface area (TPSA) is 141 Å². The number of aromatic nitrogens is 6. The van der Waals surface area contributed by atoms with Gasteiger partial charge in [-0.25, -0.2) is 14.8 Å². The highest BCUT2D eigenvalue weighted by atomic mass is 16.6. The smallest absolute Gasteiger partial charge is 0.407 e. The summed E-state index contributed by atoms with van der Waals surface area (Å²) < 4.78 is 18.7. The van der Waals surface area contributed by atoms with Gasteiger partial charge >= 0.3 is 6.09 Å². The van der Waals surface area contributed by atoms with Gasteiger partial charge in [0.1, 0.15) is 17.9 Å². The lowest BCUT2D eigenvalue weighted by molar-refractivity contribution is 0.0981. The Balaban J connectivity index is 1.24. The molecule has 0 aromatic carbocycles. The maximum atomic E-state index is 11.9. The normalized spacial score (nSPS) is 22.1. The number of amides is 1. The number of carbonyl (C=O) groups is 1. The number of nitrogens with one attached hydrogen (secondary N) is 3. The predicted molar refractivity (Wildman–Crippen MR) is 128 cm³/mol. The van der Waals surface area contributed by atoms with Crippen LogP contribution in [-0.2, 0) is 16.5 Å². The largest absolute Gasteiger partial charge is 0.475 e. The first-order valence-corrected chi connectivity index (χ1v) is 12.1. The van der Waals surface area contributed by atoms with E-state index in [4.69, 9.17) is 14.2 Å². The van der Waals surface area contributed by atoms with E-state index in [1.165, 1.54) is 6.33 Å². The minimum atomic E-state index is -0.360. The van der Waals surface area contributed by atoms with E-state index >= 15 is 0 Å². The second-order valence-electron chi connectivity index (χ2n) is 9.56. The first-order valence-electron chi connectivity index (χ1n) is 12.1. The molecule has 0 bridgehead atoms. The highest BCUT2D eigenvalue weighted by Crippen LogP contribution is 2.36. The first kappa shape index (κ1) is 23.3. The summed E-state index contributed by atoms with van der Waals surface area (Å²) >= 11 is 0. The second kappa shape index (κ2) is 10.1. The molecule has 1 unspecified atom stereocenters. The van der Waals surface area contributed by atoms with Crippen molar-refractivity contribution in [2.75, 3.05) is 25.1 Å². The van der Waals surface area contributed by atoms with E-state index in [1.807, 2.05) is 27.0 Å². The van der Waals surface area contributed by atoms with Gasteiger partial charge < -0.3 is 24.8 Å². The molecule has 188 valence electrons. The Morgan fingerprint density at radius 3 is 3.00 bits per heavy atom. The zero-order chi connectivity index (χ0) is 24.4. The van der Waals surface area contributed by atoms with Crippen molar-refractivity contribution >= 4 is 28.8 Å². The molecule has 1 saturated heterocycles. The number of H-pyrrole nitrogens is 1. The highest BCUT2D eigenvalue weighted by molar-refractivity contribution is 5.90. The number of hydrogen-bond acceptors (Lipinski definition) is 9. The Morgan fingerprint density at radius 2 is 2.20 bits per heavy atom. The third-order valence-electron chi connectivity index (χ3n) is 6.42. The van der Waals surface area contributed by atoms with Gasteiger partial charge in [-0.3, -0.25) is 9.78 Å². The molecule has 12 heteroatoms. The number of rotatable bonds is 8. The molecule has 3 atom stereocenters. The van der Waals surface area contributed by atoms with Crippen molar-refractivity contribution in [3.05, 3.63) is 18.1 Å². The fraction of sp³-hybridized carbons (Fsp3) is 0.609. The third kappa shape index (κ3) is 5.31. The zero-order valence-electron chi connectivity index (χ0n) is 20.3. The van der Waals surface area contributed by atoms with Gasteiger partial charge in [-0.15, -0.1) is 5.10 Å². The SMILES string of the molecule is CC(C)NC(=O)O[C@@H]1CC[C@H](c2cc(Nc3ncnc4c(OCC5CCOC5)nn(C)c34)n[nH]2)C1. The van der Waals surface area contributed by atoms with E-state index in [9.17, 15) is 4.79 Å². The lowest BCUT2D eigenvalue weighted by Crippen LogP contribution is -2.33. The molecular formula is C23H32N8O4. The van der Waals surface area contributed by atoms with Crippen LogP contribution in [0.1, 0.15) is 51.1 Å². The molecule has 2 fully saturated rings. The Kier molecular flexibility index (Phi) is 6.71. The molecule has 3 aromatic heterocycles. The Hall–Kier alpha value is -3.41.